The standard InChI is InChI=1S/C9H12N2O/c1-7-2-3-8-9(11-6-7)10-4-5-12-8/h3,6H,2,4-5H2,1H3,(H,10,11). The maximum absolute atomic E-state index is 5.44. The largest absolute Gasteiger partial charge is 0.488 e. The summed E-state index contributed by atoms with van der Waals surface area (Å²) >= 11 is 0. The van der Waals surface area contributed by atoms with Crippen LogP contribution in [0.25, 0.3) is 0 Å². The summed E-state index contributed by atoms with van der Waals surface area (Å²) in [7, 11) is 0. The van der Waals surface area contributed by atoms with Gasteiger partial charge in [-0.1, -0.05) is 5.57 Å². The van der Waals surface area contributed by atoms with Crippen LogP contribution in [0.3, 0.4) is 0 Å². The number of aliphatic imine (C=N–C) groups is 1. The van der Waals surface area contributed by atoms with Crippen LogP contribution in [0.2, 0.25) is 0 Å². The van der Waals surface area contributed by atoms with Crippen molar-refractivity contribution in [1.29, 1.82) is 0 Å². The van der Waals surface area contributed by atoms with Gasteiger partial charge in [0.25, 0.3) is 0 Å². The summed E-state index contributed by atoms with van der Waals surface area (Å²) in [6.07, 6.45) is 4.90. The van der Waals surface area contributed by atoms with Crippen molar-refractivity contribution in [1.82, 2.24) is 5.32 Å². The molecule has 2 rings (SSSR count). The Labute approximate surface area is 71.8 Å². The molecule has 2 aliphatic heterocycles. The second-order valence-corrected chi connectivity index (χ2v) is 3.00. The molecule has 0 aromatic rings. The highest BCUT2D eigenvalue weighted by Crippen LogP contribution is 2.13. The highest BCUT2D eigenvalue weighted by atomic mass is 16.5. The van der Waals surface area contributed by atoms with E-state index in [2.05, 4.69) is 23.3 Å². The minimum absolute atomic E-state index is 0.740. The number of rotatable bonds is 0. The number of morpholine rings is 1. The van der Waals surface area contributed by atoms with Crippen LogP contribution >= 0.6 is 0 Å². The molecule has 0 radical (unpaired) electrons. The molecule has 1 fully saturated rings. The summed E-state index contributed by atoms with van der Waals surface area (Å²) in [4.78, 5) is 4.28. The first-order valence-electron chi connectivity index (χ1n) is 4.17. The summed E-state index contributed by atoms with van der Waals surface area (Å²) in [5, 5.41) is 3.19. The molecule has 0 unspecified atom stereocenters. The number of allylic oxidation sites excluding steroid dienone is 2. The maximum Gasteiger partial charge on any atom is 0.168 e. The third-order valence-electron chi connectivity index (χ3n) is 1.91. The van der Waals surface area contributed by atoms with E-state index in [9.17, 15) is 0 Å². The monoisotopic (exact) mass is 164 g/mol. The van der Waals surface area contributed by atoms with Gasteiger partial charge in [-0.25, -0.2) is 4.99 Å². The van der Waals surface area contributed by atoms with Gasteiger partial charge in [-0.15, -0.1) is 0 Å². The number of hydrogen-bond donors (Lipinski definition) is 1. The lowest BCUT2D eigenvalue weighted by molar-refractivity contribution is 0.219. The summed E-state index contributed by atoms with van der Waals surface area (Å²) < 4.78 is 5.44. The number of hydrogen-bond acceptors (Lipinski definition) is 3. The smallest absolute Gasteiger partial charge is 0.168 e. The van der Waals surface area contributed by atoms with E-state index in [-0.39, 0.29) is 0 Å². The Morgan fingerprint density at radius 1 is 1.58 bits per heavy atom. The van der Waals surface area contributed by atoms with Crippen LogP contribution in [-0.2, 0) is 4.74 Å². The molecule has 0 bridgehead atoms. The van der Waals surface area contributed by atoms with Crippen molar-refractivity contribution < 1.29 is 4.74 Å². The number of ether oxygens (including phenoxy) is 1. The first-order valence-corrected chi connectivity index (χ1v) is 4.17. The van der Waals surface area contributed by atoms with Crippen molar-refractivity contribution in [2.45, 2.75) is 13.3 Å². The fourth-order valence-corrected chi connectivity index (χ4v) is 1.23. The number of amidine groups is 1. The minimum atomic E-state index is 0.740. The highest BCUT2D eigenvalue weighted by Gasteiger charge is 2.14. The Hall–Kier alpha value is -1.25. The molecule has 64 valence electrons. The quantitative estimate of drug-likeness (QED) is 0.583. The van der Waals surface area contributed by atoms with Crippen molar-refractivity contribution in [3.63, 3.8) is 0 Å². The molecule has 2 heterocycles. The minimum Gasteiger partial charge on any atom is -0.488 e. The SMILES string of the molecule is CC1=CN=C2NCCOC2=CC1. The van der Waals surface area contributed by atoms with Gasteiger partial charge in [0.15, 0.2) is 11.6 Å². The lowest BCUT2D eigenvalue weighted by Gasteiger charge is -2.19. The number of nitrogens with one attached hydrogen (secondary N) is 1. The summed E-state index contributed by atoms with van der Waals surface area (Å²) in [6, 6.07) is 0. The van der Waals surface area contributed by atoms with E-state index in [4.69, 9.17) is 4.74 Å². The summed E-state index contributed by atoms with van der Waals surface area (Å²) in [5.74, 6) is 1.77. The van der Waals surface area contributed by atoms with Gasteiger partial charge in [0, 0.05) is 6.20 Å². The van der Waals surface area contributed by atoms with Gasteiger partial charge in [-0.3, -0.25) is 0 Å². The highest BCUT2D eigenvalue weighted by molar-refractivity contribution is 5.97. The number of nitrogens with zero attached hydrogens (tertiary/aromatic N) is 1. The first kappa shape index (κ1) is 7.40. The predicted octanol–water partition coefficient (Wildman–Crippen LogP) is 1.20. The topological polar surface area (TPSA) is 33.6 Å². The fraction of sp³-hybridized carbons (Fsp3) is 0.444. The van der Waals surface area contributed by atoms with Crippen LogP contribution in [0, 0.1) is 0 Å². The Kier molecular flexibility index (Phi) is 1.86. The van der Waals surface area contributed by atoms with Gasteiger partial charge in [0.2, 0.25) is 0 Å². The van der Waals surface area contributed by atoms with Crippen LogP contribution in [-0.4, -0.2) is 19.0 Å². The Balaban J connectivity index is 2.27. The second kappa shape index (κ2) is 3.01. The van der Waals surface area contributed by atoms with Crippen LogP contribution in [0.5, 0.6) is 0 Å². The van der Waals surface area contributed by atoms with Crippen molar-refractivity contribution in [3.05, 3.63) is 23.6 Å². The van der Waals surface area contributed by atoms with Crippen LogP contribution in [0.4, 0.5) is 0 Å². The van der Waals surface area contributed by atoms with Crippen molar-refractivity contribution in [3.8, 4) is 0 Å². The molecule has 0 spiro atoms. The molecular weight excluding hydrogens is 152 g/mol. The summed E-state index contributed by atoms with van der Waals surface area (Å²) in [5.41, 5.74) is 1.26. The predicted molar refractivity (Wildman–Crippen MR) is 47.8 cm³/mol. The molecule has 1 saturated heterocycles. The Morgan fingerprint density at radius 2 is 2.50 bits per heavy atom. The molecular formula is C9H12N2O. The van der Waals surface area contributed by atoms with E-state index < -0.39 is 0 Å². The molecule has 0 saturated carbocycles. The van der Waals surface area contributed by atoms with E-state index in [1.54, 1.807) is 0 Å². The van der Waals surface area contributed by atoms with Gasteiger partial charge in [-0.2, -0.15) is 0 Å². The zero-order valence-corrected chi connectivity index (χ0v) is 7.13. The zero-order chi connectivity index (χ0) is 8.39. The summed E-state index contributed by atoms with van der Waals surface area (Å²) in [6.45, 7) is 3.66. The van der Waals surface area contributed by atoms with Crippen molar-refractivity contribution in [2.75, 3.05) is 13.2 Å². The fourth-order valence-electron chi connectivity index (χ4n) is 1.23. The Bertz CT molecular complexity index is 276. The van der Waals surface area contributed by atoms with Gasteiger partial charge < -0.3 is 10.1 Å². The molecule has 0 amide bonds. The molecule has 0 aromatic carbocycles. The molecule has 0 atom stereocenters. The van der Waals surface area contributed by atoms with Gasteiger partial charge in [-0.05, 0) is 19.4 Å². The molecule has 1 N–H and O–H groups in total. The molecule has 3 heteroatoms. The second-order valence-electron chi connectivity index (χ2n) is 3.00. The van der Waals surface area contributed by atoms with Crippen molar-refractivity contribution in [2.24, 2.45) is 4.99 Å². The lowest BCUT2D eigenvalue weighted by atomic mass is 10.2. The normalized spacial score (nSPS) is 21.9. The lowest BCUT2D eigenvalue weighted by Crippen LogP contribution is -2.35. The van der Waals surface area contributed by atoms with E-state index in [1.165, 1.54) is 5.57 Å². The third kappa shape index (κ3) is 1.35. The van der Waals surface area contributed by atoms with E-state index >= 15 is 0 Å². The maximum atomic E-state index is 5.44. The van der Waals surface area contributed by atoms with E-state index in [1.807, 2.05) is 6.20 Å². The molecule has 3 nitrogen and oxygen atoms in total. The Morgan fingerprint density at radius 3 is 3.42 bits per heavy atom. The molecule has 0 aromatic heterocycles. The van der Waals surface area contributed by atoms with E-state index in [0.29, 0.717) is 0 Å². The van der Waals surface area contributed by atoms with Crippen LogP contribution in [0.1, 0.15) is 13.3 Å². The molecule has 0 aliphatic carbocycles. The van der Waals surface area contributed by atoms with Gasteiger partial charge in [0.1, 0.15) is 6.61 Å². The average molecular weight is 164 g/mol. The van der Waals surface area contributed by atoms with Crippen LogP contribution < -0.4 is 5.32 Å². The van der Waals surface area contributed by atoms with Crippen molar-refractivity contribution >= 4 is 5.84 Å². The molecule has 2 aliphatic rings. The molecule has 12 heavy (non-hydrogen) atoms. The number of fused-ring (bicyclic) bond motifs is 1. The third-order valence-corrected chi connectivity index (χ3v) is 1.91. The van der Waals surface area contributed by atoms with Crippen LogP contribution in [0.15, 0.2) is 28.6 Å². The average Bonchev–Trinajstić information content (AvgIpc) is 2.29. The first-order chi connectivity index (χ1) is 5.86. The zero-order valence-electron chi connectivity index (χ0n) is 7.13. The van der Waals surface area contributed by atoms with Gasteiger partial charge >= 0.3 is 0 Å². The van der Waals surface area contributed by atoms with E-state index in [0.717, 1.165) is 31.2 Å². The van der Waals surface area contributed by atoms with Gasteiger partial charge in [0.05, 0.1) is 6.54 Å².